The highest BCUT2D eigenvalue weighted by atomic mass is 16.2. The first-order valence-corrected chi connectivity index (χ1v) is 5.96. The lowest BCUT2D eigenvalue weighted by atomic mass is 10.2. The van der Waals surface area contributed by atoms with Crippen molar-refractivity contribution in [1.29, 1.82) is 0 Å². The van der Waals surface area contributed by atoms with Crippen LogP contribution in [0.15, 0.2) is 15.7 Å². The molecule has 0 bridgehead atoms. The lowest BCUT2D eigenvalue weighted by Gasteiger charge is -2.18. The van der Waals surface area contributed by atoms with E-state index in [2.05, 4.69) is 5.32 Å². The fourth-order valence-corrected chi connectivity index (χ4v) is 1.67. The molecule has 0 aliphatic rings. The molecule has 0 fully saturated rings. The normalized spacial score (nSPS) is 11.8. The molecule has 1 rings (SSSR count). The molecule has 1 N–H and O–H groups in total. The molecule has 2 amide bonds. The Morgan fingerprint density at radius 2 is 1.75 bits per heavy atom. The van der Waals surface area contributed by atoms with Gasteiger partial charge in [0.15, 0.2) is 0 Å². The van der Waals surface area contributed by atoms with E-state index < -0.39 is 23.2 Å². The van der Waals surface area contributed by atoms with Crippen molar-refractivity contribution in [2.24, 2.45) is 14.1 Å². The van der Waals surface area contributed by atoms with Crippen molar-refractivity contribution in [1.82, 2.24) is 19.4 Å². The number of carbonyl (C=O) groups is 2. The molecule has 0 aromatic carbocycles. The largest absolute Gasteiger partial charge is 0.347 e. The summed E-state index contributed by atoms with van der Waals surface area (Å²) in [5.41, 5.74) is -1.27. The van der Waals surface area contributed by atoms with E-state index in [1.165, 1.54) is 25.9 Å². The number of hydrogen-bond donors (Lipinski definition) is 1. The van der Waals surface area contributed by atoms with Crippen molar-refractivity contribution in [2.75, 3.05) is 14.1 Å². The number of hydrogen-bond acceptors (Lipinski definition) is 4. The van der Waals surface area contributed by atoms with Crippen LogP contribution >= 0.6 is 0 Å². The van der Waals surface area contributed by atoms with E-state index in [0.29, 0.717) is 0 Å². The summed E-state index contributed by atoms with van der Waals surface area (Å²) in [7, 11) is 5.84. The maximum Gasteiger partial charge on any atom is 0.331 e. The van der Waals surface area contributed by atoms with Crippen molar-refractivity contribution in [3.63, 3.8) is 0 Å². The topological polar surface area (TPSA) is 93.4 Å². The predicted octanol–water partition coefficient (Wildman–Crippen LogP) is -1.71. The van der Waals surface area contributed by atoms with Crippen LogP contribution in [0.4, 0.5) is 0 Å². The molecule has 20 heavy (non-hydrogen) atoms. The summed E-state index contributed by atoms with van der Waals surface area (Å²) in [6, 6.07) is 0.306. The second-order valence-electron chi connectivity index (χ2n) is 4.70. The molecule has 8 heteroatoms. The highest BCUT2D eigenvalue weighted by molar-refractivity contribution is 5.96. The van der Waals surface area contributed by atoms with E-state index >= 15 is 0 Å². The van der Waals surface area contributed by atoms with Crippen molar-refractivity contribution >= 4 is 11.8 Å². The van der Waals surface area contributed by atoms with Crippen molar-refractivity contribution in [3.8, 4) is 0 Å². The van der Waals surface area contributed by atoms with Gasteiger partial charge in [0.1, 0.15) is 11.7 Å². The van der Waals surface area contributed by atoms with Crippen LogP contribution in [0.5, 0.6) is 0 Å². The van der Waals surface area contributed by atoms with E-state index in [9.17, 15) is 19.2 Å². The summed E-state index contributed by atoms with van der Waals surface area (Å²) in [6.07, 6.45) is 0. The van der Waals surface area contributed by atoms with Gasteiger partial charge >= 0.3 is 5.69 Å². The smallest absolute Gasteiger partial charge is 0.331 e. The number of nitrogens with zero attached hydrogens (tertiary/aromatic N) is 3. The summed E-state index contributed by atoms with van der Waals surface area (Å²) >= 11 is 0. The van der Waals surface area contributed by atoms with Crippen LogP contribution in [0.1, 0.15) is 17.4 Å². The second-order valence-corrected chi connectivity index (χ2v) is 4.70. The first-order chi connectivity index (χ1) is 9.16. The van der Waals surface area contributed by atoms with Gasteiger partial charge in [-0.2, -0.15) is 0 Å². The minimum atomic E-state index is -0.753. The van der Waals surface area contributed by atoms with Crippen LogP contribution < -0.4 is 16.6 Å². The van der Waals surface area contributed by atoms with Gasteiger partial charge in [-0.3, -0.25) is 23.5 Å². The lowest BCUT2D eigenvalue weighted by Crippen LogP contribution is -2.47. The number of likely N-dealkylation sites (N-methyl/N-ethyl adjacent to an activating group) is 1. The van der Waals surface area contributed by atoms with Crippen LogP contribution in [-0.4, -0.2) is 46.0 Å². The lowest BCUT2D eigenvalue weighted by molar-refractivity contribution is -0.130. The fourth-order valence-electron chi connectivity index (χ4n) is 1.67. The zero-order chi connectivity index (χ0) is 15.6. The van der Waals surface area contributed by atoms with E-state index in [4.69, 9.17) is 0 Å². The minimum Gasteiger partial charge on any atom is -0.347 e. The SMILES string of the molecule is CC(NC(=O)c1cc(=O)n(C)c(=O)n1C)C(=O)N(C)C. The molecule has 0 spiro atoms. The van der Waals surface area contributed by atoms with Crippen LogP contribution in [0.25, 0.3) is 0 Å². The average Bonchev–Trinajstić information content (AvgIpc) is 2.39. The Bertz CT molecular complexity index is 656. The molecule has 0 radical (unpaired) electrons. The van der Waals surface area contributed by atoms with E-state index in [-0.39, 0.29) is 11.6 Å². The maximum atomic E-state index is 12.0. The molecular weight excluding hydrogens is 264 g/mol. The molecule has 0 aliphatic carbocycles. The minimum absolute atomic E-state index is 0.0866. The van der Waals surface area contributed by atoms with Crippen molar-refractivity contribution in [3.05, 3.63) is 32.6 Å². The van der Waals surface area contributed by atoms with Gasteiger partial charge in [0.25, 0.3) is 11.5 Å². The zero-order valence-corrected chi connectivity index (χ0v) is 12.1. The summed E-state index contributed by atoms with van der Waals surface area (Å²) < 4.78 is 1.95. The van der Waals surface area contributed by atoms with Gasteiger partial charge in [0, 0.05) is 34.3 Å². The molecule has 0 saturated carbocycles. The third kappa shape index (κ3) is 2.95. The number of carbonyl (C=O) groups excluding carboxylic acids is 2. The summed E-state index contributed by atoms with van der Waals surface area (Å²) in [6.45, 7) is 1.53. The monoisotopic (exact) mass is 282 g/mol. The first-order valence-electron chi connectivity index (χ1n) is 5.96. The van der Waals surface area contributed by atoms with E-state index in [1.807, 2.05) is 0 Å². The summed E-state index contributed by atoms with van der Waals surface area (Å²) in [5.74, 6) is -0.933. The quantitative estimate of drug-likeness (QED) is 0.714. The summed E-state index contributed by atoms with van der Waals surface area (Å²) in [5, 5.41) is 2.45. The number of nitrogens with one attached hydrogen (secondary N) is 1. The van der Waals surface area contributed by atoms with Crippen LogP contribution in [0.3, 0.4) is 0 Å². The Hall–Kier alpha value is -2.38. The Morgan fingerprint density at radius 1 is 1.20 bits per heavy atom. The molecule has 0 aliphatic heterocycles. The molecular formula is C12H18N4O4. The van der Waals surface area contributed by atoms with Gasteiger partial charge in [-0.15, -0.1) is 0 Å². The summed E-state index contributed by atoms with van der Waals surface area (Å²) in [4.78, 5) is 48.3. The van der Waals surface area contributed by atoms with Gasteiger partial charge < -0.3 is 10.2 Å². The third-order valence-corrected chi connectivity index (χ3v) is 2.92. The van der Waals surface area contributed by atoms with Crippen LogP contribution in [0.2, 0.25) is 0 Å². The molecule has 110 valence electrons. The third-order valence-electron chi connectivity index (χ3n) is 2.92. The Kier molecular flexibility index (Phi) is 4.49. The highest BCUT2D eigenvalue weighted by Gasteiger charge is 2.20. The Morgan fingerprint density at radius 3 is 2.25 bits per heavy atom. The fraction of sp³-hybridized carbons (Fsp3) is 0.500. The standard InChI is InChI=1S/C12H18N4O4/c1-7(11(19)14(2)3)13-10(18)8-6-9(17)16(5)12(20)15(8)4/h6-7H,1-5H3,(H,13,18). The Labute approximate surface area is 115 Å². The molecule has 1 heterocycles. The van der Waals surface area contributed by atoms with Gasteiger partial charge in [0.05, 0.1) is 0 Å². The Balaban J connectivity index is 3.09. The first kappa shape index (κ1) is 15.7. The van der Waals surface area contributed by atoms with E-state index in [0.717, 1.165) is 15.2 Å². The molecule has 1 unspecified atom stereocenters. The predicted molar refractivity (Wildman–Crippen MR) is 72.5 cm³/mol. The number of amides is 2. The average molecular weight is 282 g/mol. The molecule has 1 aromatic heterocycles. The van der Waals surface area contributed by atoms with Crippen molar-refractivity contribution in [2.45, 2.75) is 13.0 Å². The van der Waals surface area contributed by atoms with Crippen LogP contribution in [-0.2, 0) is 18.9 Å². The highest BCUT2D eigenvalue weighted by Crippen LogP contribution is 1.95. The second kappa shape index (κ2) is 5.72. The maximum absolute atomic E-state index is 12.0. The van der Waals surface area contributed by atoms with Gasteiger partial charge in [-0.05, 0) is 6.92 Å². The number of rotatable bonds is 3. The molecule has 1 atom stereocenters. The van der Waals surface area contributed by atoms with Gasteiger partial charge in [-0.1, -0.05) is 0 Å². The molecule has 8 nitrogen and oxygen atoms in total. The van der Waals surface area contributed by atoms with Crippen LogP contribution in [0, 0.1) is 0 Å². The molecule has 0 saturated heterocycles. The van der Waals surface area contributed by atoms with Crippen molar-refractivity contribution < 1.29 is 9.59 Å². The zero-order valence-electron chi connectivity index (χ0n) is 12.1. The van der Waals surface area contributed by atoms with Gasteiger partial charge in [0.2, 0.25) is 5.91 Å². The number of aromatic nitrogens is 2. The van der Waals surface area contributed by atoms with E-state index in [1.54, 1.807) is 14.1 Å². The molecule has 1 aromatic rings. The van der Waals surface area contributed by atoms with Gasteiger partial charge in [-0.25, -0.2) is 4.79 Å².